The lowest BCUT2D eigenvalue weighted by Gasteiger charge is -2.06. The van der Waals surface area contributed by atoms with Crippen molar-refractivity contribution in [3.63, 3.8) is 0 Å². The number of carbonyl (C=O) groups is 1. The van der Waals surface area contributed by atoms with Gasteiger partial charge in [0.25, 0.3) is 5.91 Å². The molecule has 4 heteroatoms. The van der Waals surface area contributed by atoms with Crippen molar-refractivity contribution in [2.45, 2.75) is 27.7 Å². The Morgan fingerprint density at radius 3 is 2.67 bits per heavy atom. The summed E-state index contributed by atoms with van der Waals surface area (Å²) in [4.78, 5) is 16.6. The first-order valence-electron chi connectivity index (χ1n) is 5.00. The second-order valence-corrected chi connectivity index (χ2v) is 3.96. The van der Waals surface area contributed by atoms with Crippen LogP contribution >= 0.6 is 0 Å². The molecule has 0 bridgehead atoms. The molecule has 1 heterocycles. The van der Waals surface area contributed by atoms with Crippen molar-refractivity contribution < 1.29 is 14.0 Å². The van der Waals surface area contributed by atoms with Crippen molar-refractivity contribution in [1.29, 1.82) is 0 Å². The van der Waals surface area contributed by atoms with Gasteiger partial charge in [-0.15, -0.1) is 0 Å². The van der Waals surface area contributed by atoms with E-state index >= 15 is 0 Å². The molecule has 4 nitrogen and oxygen atoms in total. The number of nitrogens with one attached hydrogen (secondary N) is 1. The van der Waals surface area contributed by atoms with Crippen LogP contribution in [0.2, 0.25) is 0 Å². The largest absolute Gasteiger partial charge is 0.466 e. The lowest BCUT2D eigenvalue weighted by Crippen LogP contribution is -2.25. The maximum absolute atomic E-state index is 11.6. The number of amides is 1. The number of hydrogen-bond donors (Lipinski definition) is 1. The maximum Gasteiger partial charge on any atom is 0.278 e. The molecule has 0 saturated carbocycles. The van der Waals surface area contributed by atoms with Gasteiger partial charge in [0.15, 0.2) is 0 Å². The summed E-state index contributed by atoms with van der Waals surface area (Å²) in [6.45, 7) is 8.09. The topological polar surface area (TPSA) is 51.5 Å². The molecule has 1 aromatic rings. The Balaban J connectivity index is 2.50. The smallest absolute Gasteiger partial charge is 0.278 e. The number of furan rings is 1. The minimum atomic E-state index is -0.259. The monoisotopic (exact) mass is 211 g/mol. The second kappa shape index (κ2) is 4.98. The molecular formula is C11H17NO3. The summed E-state index contributed by atoms with van der Waals surface area (Å²) >= 11 is 0. The molecule has 0 fully saturated rings. The average molecular weight is 211 g/mol. The third-order valence-electron chi connectivity index (χ3n) is 1.87. The van der Waals surface area contributed by atoms with E-state index in [0.29, 0.717) is 23.8 Å². The van der Waals surface area contributed by atoms with E-state index in [2.05, 4.69) is 5.48 Å². The van der Waals surface area contributed by atoms with Crippen LogP contribution in [0.15, 0.2) is 10.5 Å². The summed E-state index contributed by atoms with van der Waals surface area (Å²) in [6, 6.07) is 1.70. The zero-order chi connectivity index (χ0) is 11.4. The first kappa shape index (κ1) is 11.8. The van der Waals surface area contributed by atoms with Crippen LogP contribution in [0.3, 0.4) is 0 Å². The lowest BCUT2D eigenvalue weighted by atomic mass is 10.2. The third kappa shape index (κ3) is 3.40. The maximum atomic E-state index is 11.6. The molecule has 1 N–H and O–H groups in total. The van der Waals surface area contributed by atoms with E-state index in [0.717, 1.165) is 5.76 Å². The van der Waals surface area contributed by atoms with Gasteiger partial charge in [0.05, 0.1) is 12.2 Å². The predicted octanol–water partition coefficient (Wildman–Crippen LogP) is 2.21. The van der Waals surface area contributed by atoms with Crippen LogP contribution in [-0.2, 0) is 4.84 Å². The van der Waals surface area contributed by atoms with Crippen LogP contribution in [0.5, 0.6) is 0 Å². The van der Waals surface area contributed by atoms with Gasteiger partial charge in [-0.1, -0.05) is 13.8 Å². The summed E-state index contributed by atoms with van der Waals surface area (Å²) < 4.78 is 5.25. The third-order valence-corrected chi connectivity index (χ3v) is 1.87. The van der Waals surface area contributed by atoms with Crippen molar-refractivity contribution in [3.8, 4) is 0 Å². The number of aryl methyl sites for hydroxylation is 2. The van der Waals surface area contributed by atoms with Gasteiger partial charge in [-0.05, 0) is 25.8 Å². The number of carbonyl (C=O) groups excluding carboxylic acids is 1. The summed E-state index contributed by atoms with van der Waals surface area (Å²) in [6.07, 6.45) is 0. The molecule has 1 aromatic heterocycles. The molecule has 0 aliphatic rings. The molecule has 0 aliphatic heterocycles. The van der Waals surface area contributed by atoms with Crippen LogP contribution < -0.4 is 5.48 Å². The summed E-state index contributed by atoms with van der Waals surface area (Å²) in [5, 5.41) is 0. The van der Waals surface area contributed by atoms with Crippen molar-refractivity contribution in [2.24, 2.45) is 5.92 Å². The van der Waals surface area contributed by atoms with E-state index in [1.54, 1.807) is 19.9 Å². The Labute approximate surface area is 89.6 Å². The van der Waals surface area contributed by atoms with Gasteiger partial charge in [0.2, 0.25) is 0 Å². The van der Waals surface area contributed by atoms with Gasteiger partial charge >= 0.3 is 0 Å². The van der Waals surface area contributed by atoms with Crippen molar-refractivity contribution in [3.05, 3.63) is 23.2 Å². The molecule has 84 valence electrons. The summed E-state index contributed by atoms with van der Waals surface area (Å²) in [7, 11) is 0. The SMILES string of the molecule is Cc1cc(C(=O)NOCC(C)C)c(C)o1. The van der Waals surface area contributed by atoms with Gasteiger partial charge in [-0.3, -0.25) is 9.63 Å². The zero-order valence-corrected chi connectivity index (χ0v) is 9.59. The number of rotatable bonds is 4. The molecule has 0 radical (unpaired) electrons. The fraction of sp³-hybridized carbons (Fsp3) is 0.545. The van der Waals surface area contributed by atoms with E-state index in [-0.39, 0.29) is 5.91 Å². The fourth-order valence-electron chi connectivity index (χ4n) is 1.19. The Kier molecular flexibility index (Phi) is 3.91. The Morgan fingerprint density at radius 2 is 2.20 bits per heavy atom. The van der Waals surface area contributed by atoms with Crippen LogP contribution in [0.1, 0.15) is 35.7 Å². The molecule has 0 aromatic carbocycles. The molecule has 0 unspecified atom stereocenters. The normalized spacial score (nSPS) is 10.7. The molecule has 0 spiro atoms. The van der Waals surface area contributed by atoms with Gasteiger partial charge in [-0.2, -0.15) is 0 Å². The fourth-order valence-corrected chi connectivity index (χ4v) is 1.19. The van der Waals surface area contributed by atoms with E-state index < -0.39 is 0 Å². The van der Waals surface area contributed by atoms with Crippen LogP contribution in [0, 0.1) is 19.8 Å². The quantitative estimate of drug-likeness (QED) is 0.777. The first-order chi connectivity index (χ1) is 7.00. The highest BCUT2D eigenvalue weighted by Gasteiger charge is 2.13. The highest BCUT2D eigenvalue weighted by molar-refractivity contribution is 5.94. The highest BCUT2D eigenvalue weighted by Crippen LogP contribution is 2.13. The standard InChI is InChI=1S/C11H17NO3/c1-7(2)6-14-12-11(13)10-5-8(3)15-9(10)4/h5,7H,6H2,1-4H3,(H,12,13). The minimum absolute atomic E-state index is 0.259. The summed E-state index contributed by atoms with van der Waals surface area (Å²) in [5.41, 5.74) is 2.91. The molecule has 0 atom stereocenters. The predicted molar refractivity (Wildman–Crippen MR) is 56.4 cm³/mol. The Hall–Kier alpha value is -1.29. The molecule has 0 saturated heterocycles. The average Bonchev–Trinajstić information content (AvgIpc) is 2.44. The van der Waals surface area contributed by atoms with E-state index in [1.165, 1.54) is 0 Å². The minimum Gasteiger partial charge on any atom is -0.466 e. The van der Waals surface area contributed by atoms with Crippen molar-refractivity contribution in [1.82, 2.24) is 5.48 Å². The van der Waals surface area contributed by atoms with Crippen LogP contribution in [-0.4, -0.2) is 12.5 Å². The van der Waals surface area contributed by atoms with Crippen molar-refractivity contribution in [2.75, 3.05) is 6.61 Å². The number of hydroxylamine groups is 1. The molecule has 15 heavy (non-hydrogen) atoms. The lowest BCUT2D eigenvalue weighted by molar-refractivity contribution is 0.0207. The van der Waals surface area contributed by atoms with Crippen LogP contribution in [0.25, 0.3) is 0 Å². The molecule has 1 rings (SSSR count). The molecule has 1 amide bonds. The highest BCUT2D eigenvalue weighted by atomic mass is 16.6. The van der Waals surface area contributed by atoms with Gasteiger partial charge in [-0.25, -0.2) is 5.48 Å². The van der Waals surface area contributed by atoms with Crippen LogP contribution in [0.4, 0.5) is 0 Å². The van der Waals surface area contributed by atoms with E-state index in [9.17, 15) is 4.79 Å². The van der Waals surface area contributed by atoms with E-state index in [1.807, 2.05) is 13.8 Å². The molecule has 0 aliphatic carbocycles. The Bertz CT molecular complexity index is 342. The van der Waals surface area contributed by atoms with E-state index in [4.69, 9.17) is 9.25 Å². The summed E-state index contributed by atoms with van der Waals surface area (Å²) in [5.74, 6) is 1.46. The Morgan fingerprint density at radius 1 is 1.53 bits per heavy atom. The second-order valence-electron chi connectivity index (χ2n) is 3.96. The number of hydrogen-bond acceptors (Lipinski definition) is 3. The first-order valence-corrected chi connectivity index (χ1v) is 5.00. The van der Waals surface area contributed by atoms with Gasteiger partial charge in [0.1, 0.15) is 11.5 Å². The zero-order valence-electron chi connectivity index (χ0n) is 9.59. The molecular weight excluding hydrogens is 194 g/mol. The van der Waals surface area contributed by atoms with Gasteiger partial charge in [0, 0.05) is 0 Å². The van der Waals surface area contributed by atoms with Gasteiger partial charge < -0.3 is 4.42 Å². The van der Waals surface area contributed by atoms with Crippen molar-refractivity contribution >= 4 is 5.91 Å².